The molecule has 0 amide bonds. The monoisotopic (exact) mass is 298 g/mol. The molecule has 0 saturated carbocycles. The van der Waals surface area contributed by atoms with Crippen molar-refractivity contribution in [2.45, 2.75) is 25.8 Å². The Bertz CT molecular complexity index is 678. The molecule has 0 atom stereocenters. The molecule has 0 bridgehead atoms. The number of hydrogen-bond acceptors (Lipinski definition) is 3. The summed E-state index contributed by atoms with van der Waals surface area (Å²) < 4.78 is 1.73. The van der Waals surface area contributed by atoms with Gasteiger partial charge in [0.25, 0.3) is 0 Å². The van der Waals surface area contributed by atoms with Gasteiger partial charge >= 0.3 is 5.69 Å². The van der Waals surface area contributed by atoms with E-state index in [1.54, 1.807) is 10.9 Å². The van der Waals surface area contributed by atoms with E-state index in [0.717, 1.165) is 32.5 Å². The highest BCUT2D eigenvalue weighted by atomic mass is 16.1. The molecule has 5 nitrogen and oxygen atoms in total. The van der Waals surface area contributed by atoms with Gasteiger partial charge in [0, 0.05) is 25.7 Å². The smallest absolute Gasteiger partial charge is 0.299 e. The van der Waals surface area contributed by atoms with Crippen molar-refractivity contribution >= 4 is 6.08 Å². The van der Waals surface area contributed by atoms with E-state index in [9.17, 15) is 4.79 Å². The zero-order chi connectivity index (χ0) is 15.4. The molecule has 5 heteroatoms. The molecular weight excluding hydrogens is 276 g/mol. The summed E-state index contributed by atoms with van der Waals surface area (Å²) in [6, 6.07) is 10.7. The van der Waals surface area contributed by atoms with Crippen molar-refractivity contribution < 1.29 is 0 Å². The van der Waals surface area contributed by atoms with Crippen molar-refractivity contribution in [2.75, 3.05) is 19.6 Å². The molecule has 0 spiro atoms. The number of H-pyrrole nitrogens is 1. The third-order valence-corrected chi connectivity index (χ3v) is 4.21. The van der Waals surface area contributed by atoms with E-state index in [4.69, 9.17) is 0 Å². The molecule has 1 aromatic carbocycles. The van der Waals surface area contributed by atoms with Crippen LogP contribution in [0.15, 0.2) is 47.0 Å². The second kappa shape index (κ2) is 6.75. The third kappa shape index (κ3) is 3.54. The molecule has 1 aliphatic heterocycles. The van der Waals surface area contributed by atoms with Gasteiger partial charge in [-0.2, -0.15) is 5.10 Å². The first-order chi connectivity index (χ1) is 10.7. The molecule has 0 radical (unpaired) electrons. The topological polar surface area (TPSA) is 53.9 Å². The molecule has 22 heavy (non-hydrogen) atoms. The van der Waals surface area contributed by atoms with Crippen molar-refractivity contribution in [3.63, 3.8) is 0 Å². The zero-order valence-electron chi connectivity index (χ0n) is 12.9. The molecule has 116 valence electrons. The largest absolute Gasteiger partial charge is 0.343 e. The Morgan fingerprint density at radius 1 is 1.32 bits per heavy atom. The highest BCUT2D eigenvalue weighted by molar-refractivity contribution is 5.52. The molecule has 1 fully saturated rings. The lowest BCUT2D eigenvalue weighted by Gasteiger charge is -2.32. The van der Waals surface area contributed by atoms with Gasteiger partial charge in [0.2, 0.25) is 0 Å². The summed E-state index contributed by atoms with van der Waals surface area (Å²) in [6.07, 6.45) is 5.85. The number of nitrogens with one attached hydrogen (secondary N) is 1. The van der Waals surface area contributed by atoms with E-state index in [2.05, 4.69) is 52.4 Å². The molecule has 1 N–H and O–H groups in total. The first kappa shape index (κ1) is 14.8. The van der Waals surface area contributed by atoms with Crippen LogP contribution in [-0.4, -0.2) is 39.3 Å². The fourth-order valence-electron chi connectivity index (χ4n) is 3.10. The average molecular weight is 298 g/mol. The summed E-state index contributed by atoms with van der Waals surface area (Å²) in [6.45, 7) is 5.20. The summed E-state index contributed by atoms with van der Waals surface area (Å²) in [5.74, 6) is 0. The Morgan fingerprint density at radius 2 is 2.05 bits per heavy atom. The Balaban J connectivity index is 1.55. The Kier molecular flexibility index (Phi) is 4.53. The van der Waals surface area contributed by atoms with E-state index in [0.29, 0.717) is 0 Å². The van der Waals surface area contributed by atoms with Crippen LogP contribution < -0.4 is 5.69 Å². The van der Waals surface area contributed by atoms with Gasteiger partial charge in [-0.25, -0.2) is 9.89 Å². The fourth-order valence-corrected chi connectivity index (χ4v) is 3.10. The van der Waals surface area contributed by atoms with Crippen LogP contribution >= 0.6 is 0 Å². The maximum absolute atomic E-state index is 11.6. The molecule has 2 heterocycles. The molecule has 2 aromatic rings. The predicted molar refractivity (Wildman–Crippen MR) is 87.7 cm³/mol. The van der Waals surface area contributed by atoms with E-state index in [1.165, 1.54) is 11.1 Å². The van der Waals surface area contributed by atoms with Gasteiger partial charge in [0.05, 0.1) is 0 Å². The lowest BCUT2D eigenvalue weighted by atomic mass is 10.0. The summed E-state index contributed by atoms with van der Waals surface area (Å²) in [5, 5.41) is 6.29. The normalized spacial score (nSPS) is 17.8. The van der Waals surface area contributed by atoms with Crippen molar-refractivity contribution in [1.82, 2.24) is 19.7 Å². The van der Waals surface area contributed by atoms with Gasteiger partial charge in [0.1, 0.15) is 6.33 Å². The maximum atomic E-state index is 11.6. The van der Waals surface area contributed by atoms with E-state index < -0.39 is 0 Å². The molecule has 1 aromatic heterocycles. The number of piperidine rings is 1. The van der Waals surface area contributed by atoms with Crippen molar-refractivity contribution in [2.24, 2.45) is 0 Å². The zero-order valence-corrected chi connectivity index (χ0v) is 12.9. The van der Waals surface area contributed by atoms with Gasteiger partial charge in [-0.05, 0) is 25.3 Å². The van der Waals surface area contributed by atoms with Gasteiger partial charge < -0.3 is 0 Å². The number of aromatic nitrogens is 3. The third-order valence-electron chi connectivity index (χ3n) is 4.21. The number of aromatic amines is 1. The van der Waals surface area contributed by atoms with E-state index >= 15 is 0 Å². The van der Waals surface area contributed by atoms with Gasteiger partial charge in [-0.3, -0.25) is 9.47 Å². The fraction of sp³-hybridized carbons (Fsp3) is 0.412. The second-order valence-corrected chi connectivity index (χ2v) is 5.98. The van der Waals surface area contributed by atoms with Crippen LogP contribution in [-0.2, 0) is 0 Å². The van der Waals surface area contributed by atoms with Gasteiger partial charge in [-0.15, -0.1) is 0 Å². The van der Waals surface area contributed by atoms with Crippen molar-refractivity contribution in [3.05, 3.63) is 58.3 Å². The molecule has 3 rings (SSSR count). The van der Waals surface area contributed by atoms with Gasteiger partial charge in [-0.1, -0.05) is 42.0 Å². The first-order valence-electron chi connectivity index (χ1n) is 7.78. The van der Waals surface area contributed by atoms with Crippen LogP contribution in [0.3, 0.4) is 0 Å². The number of rotatable bonds is 4. The van der Waals surface area contributed by atoms with Gasteiger partial charge in [0.15, 0.2) is 0 Å². The standard InChI is InChI=1S/C17H22N4O/c1-14(11-15-5-3-2-4-6-15)12-20-9-7-16(8-10-20)21-13-18-19-17(21)22/h2-6,11,13,16H,7-10,12H2,1H3,(H,19,22)/b14-11+. The van der Waals surface area contributed by atoms with Crippen LogP contribution in [0.5, 0.6) is 0 Å². The molecule has 1 saturated heterocycles. The minimum absolute atomic E-state index is 0.0985. The SMILES string of the molecule is C/C(=C\c1ccccc1)CN1CCC(n2cn[nH]c2=O)CC1. The summed E-state index contributed by atoms with van der Waals surface area (Å²) in [7, 11) is 0. The van der Waals surface area contributed by atoms with E-state index in [-0.39, 0.29) is 11.7 Å². The predicted octanol–water partition coefficient (Wildman–Crippen LogP) is 2.31. The van der Waals surface area contributed by atoms with Crippen molar-refractivity contribution in [3.8, 4) is 0 Å². The maximum Gasteiger partial charge on any atom is 0.343 e. The van der Waals surface area contributed by atoms with Crippen LogP contribution in [0.25, 0.3) is 6.08 Å². The number of likely N-dealkylation sites (tertiary alicyclic amines) is 1. The van der Waals surface area contributed by atoms with Crippen molar-refractivity contribution in [1.29, 1.82) is 0 Å². The Hall–Kier alpha value is -2.14. The lowest BCUT2D eigenvalue weighted by molar-refractivity contribution is 0.197. The summed E-state index contributed by atoms with van der Waals surface area (Å²) >= 11 is 0. The second-order valence-electron chi connectivity index (χ2n) is 5.98. The summed E-state index contributed by atoms with van der Waals surface area (Å²) in [4.78, 5) is 14.1. The van der Waals surface area contributed by atoms with Crippen LogP contribution in [0.1, 0.15) is 31.4 Å². The van der Waals surface area contributed by atoms with Crippen LogP contribution in [0.4, 0.5) is 0 Å². The Labute approximate surface area is 130 Å². The minimum Gasteiger partial charge on any atom is -0.299 e. The summed E-state index contributed by atoms with van der Waals surface area (Å²) in [5.41, 5.74) is 2.52. The number of hydrogen-bond donors (Lipinski definition) is 1. The number of benzene rings is 1. The minimum atomic E-state index is -0.0985. The quantitative estimate of drug-likeness (QED) is 0.942. The molecular formula is C17H22N4O. The van der Waals surface area contributed by atoms with Crippen LogP contribution in [0, 0.1) is 0 Å². The average Bonchev–Trinajstić information content (AvgIpc) is 2.95. The molecule has 1 aliphatic rings. The highest BCUT2D eigenvalue weighted by Gasteiger charge is 2.21. The van der Waals surface area contributed by atoms with Crippen LogP contribution in [0.2, 0.25) is 0 Å². The highest BCUT2D eigenvalue weighted by Crippen LogP contribution is 2.21. The lowest BCUT2D eigenvalue weighted by Crippen LogP contribution is -2.37. The number of nitrogens with zero attached hydrogens (tertiary/aromatic N) is 3. The molecule has 0 unspecified atom stereocenters. The Morgan fingerprint density at radius 3 is 2.68 bits per heavy atom. The first-order valence-corrected chi connectivity index (χ1v) is 7.78. The van der Waals surface area contributed by atoms with E-state index in [1.807, 2.05) is 6.07 Å². The molecule has 0 aliphatic carbocycles.